The van der Waals surface area contributed by atoms with Gasteiger partial charge in [-0.25, -0.2) is 19.9 Å². The van der Waals surface area contributed by atoms with Crippen molar-refractivity contribution in [3.05, 3.63) is 112 Å². The molecule has 54 heavy (non-hydrogen) atoms. The Morgan fingerprint density at radius 1 is 1.17 bits per heavy atom. The molecule has 5 aromatic rings. The number of hydrogen-bond acceptors (Lipinski definition) is 10. The van der Waals surface area contributed by atoms with Crippen molar-refractivity contribution >= 4 is 47.2 Å². The number of nitrogens with two attached hydrogens (primary N) is 2. The van der Waals surface area contributed by atoms with Crippen LogP contribution in [0.15, 0.2) is 72.8 Å². The highest BCUT2D eigenvalue weighted by Crippen LogP contribution is 2.40. The van der Waals surface area contributed by atoms with E-state index in [0.29, 0.717) is 46.1 Å². The summed E-state index contributed by atoms with van der Waals surface area (Å²) in [4.78, 5) is 22.0. The van der Waals surface area contributed by atoms with E-state index in [1.165, 1.54) is 27.3 Å². The van der Waals surface area contributed by atoms with E-state index in [4.69, 9.17) is 26.4 Å². The van der Waals surface area contributed by atoms with Crippen LogP contribution in [0.4, 0.5) is 4.39 Å². The van der Waals surface area contributed by atoms with Crippen LogP contribution in [0, 0.1) is 17.2 Å². The van der Waals surface area contributed by atoms with E-state index >= 15 is 4.39 Å². The molecule has 5 N–H and O–H groups in total. The molecule has 0 amide bonds. The van der Waals surface area contributed by atoms with Crippen LogP contribution in [0.2, 0.25) is 0 Å². The van der Waals surface area contributed by atoms with Gasteiger partial charge in [0.1, 0.15) is 17.6 Å². The molecule has 4 heterocycles. The molecule has 0 saturated heterocycles. The van der Waals surface area contributed by atoms with Gasteiger partial charge >= 0.3 is 5.97 Å². The van der Waals surface area contributed by atoms with Gasteiger partial charge in [0.25, 0.3) is 0 Å². The molecule has 1 aliphatic rings. The quantitative estimate of drug-likeness (QED) is 0.0915. The molecule has 4 bridgehead atoms. The van der Waals surface area contributed by atoms with E-state index < -0.39 is 22.8 Å². The highest BCUT2D eigenvalue weighted by molar-refractivity contribution is 14.2. The number of ether oxygens (including phenoxy) is 1. The highest BCUT2D eigenvalue weighted by Gasteiger charge is 2.35. The smallest absolute Gasteiger partial charge is 0.308 e. The summed E-state index contributed by atoms with van der Waals surface area (Å²) in [5.74, 6) is 6.67. The molecule has 0 spiro atoms. The Morgan fingerprint density at radius 2 is 1.93 bits per heavy atom. The Bertz CT molecular complexity index is 2200. The minimum atomic E-state index is -1.34. The first-order valence-electron chi connectivity index (χ1n) is 18.0. The first-order chi connectivity index (χ1) is 25.7. The minimum Gasteiger partial charge on any atom is -0.469 e. The molecule has 0 aliphatic carbocycles. The van der Waals surface area contributed by atoms with Crippen LogP contribution < -0.4 is 11.6 Å². The minimum absolute atomic E-state index is 0.105. The van der Waals surface area contributed by atoms with Crippen LogP contribution in [0.25, 0.3) is 22.4 Å². The van der Waals surface area contributed by atoms with Crippen molar-refractivity contribution in [2.24, 2.45) is 30.0 Å². The van der Waals surface area contributed by atoms with Crippen LogP contribution >= 0.6 is 30.3 Å². The van der Waals surface area contributed by atoms with Gasteiger partial charge in [0.15, 0.2) is 11.6 Å². The summed E-state index contributed by atoms with van der Waals surface area (Å²) < 4.78 is 24.9. The Kier molecular flexibility index (Phi) is 11.8. The average molecular weight is 867 g/mol. The normalized spacial score (nSPS) is 21.0. The number of nitrogens with zero attached hydrogens (tertiary/aromatic N) is 6. The van der Waals surface area contributed by atoms with Crippen LogP contribution in [-0.2, 0) is 35.0 Å². The maximum Gasteiger partial charge on any atom is 0.308 e. The summed E-state index contributed by atoms with van der Waals surface area (Å²) >= 11 is 2.16. The molecule has 0 saturated carbocycles. The second kappa shape index (κ2) is 16.0. The van der Waals surface area contributed by atoms with Gasteiger partial charge in [0.05, 0.1) is 30.5 Å². The number of fused-ring (bicyclic) bond motifs is 8. The summed E-state index contributed by atoms with van der Waals surface area (Å²) in [6.45, 7) is 8.32. The van der Waals surface area contributed by atoms with Gasteiger partial charge in [-0.3, -0.25) is 13.8 Å². The number of aliphatic hydroxyl groups excluding tert-OH is 1. The lowest BCUT2D eigenvalue weighted by Gasteiger charge is -2.30. The third-order valence-corrected chi connectivity index (χ3v) is 12.6. The number of aliphatic hydroxyl groups is 1. The molecule has 3 aromatic heterocycles. The molecular formula is C40H48FIN8O3S. The van der Waals surface area contributed by atoms with Gasteiger partial charge < -0.3 is 20.6 Å². The number of carbonyl (C=O) groups excluding carboxylic acids is 1. The van der Waals surface area contributed by atoms with Gasteiger partial charge in [0.2, 0.25) is 0 Å². The van der Waals surface area contributed by atoms with E-state index in [2.05, 4.69) is 59.1 Å². The van der Waals surface area contributed by atoms with Crippen LogP contribution in [-0.4, -0.2) is 46.9 Å². The first-order valence-corrected chi connectivity index (χ1v) is 21.3. The molecule has 11 nitrogen and oxygen atoms in total. The summed E-state index contributed by atoms with van der Waals surface area (Å²) in [5, 5.41) is 19.2. The second-order valence-electron chi connectivity index (χ2n) is 15.2. The fourth-order valence-corrected chi connectivity index (χ4v) is 8.78. The zero-order valence-corrected chi connectivity index (χ0v) is 34.5. The predicted molar refractivity (Wildman–Crippen MR) is 219 cm³/mol. The van der Waals surface area contributed by atoms with Crippen molar-refractivity contribution < 1.29 is 19.0 Å². The molecule has 14 heteroatoms. The molecule has 286 valence electrons. The zero-order valence-electron chi connectivity index (χ0n) is 31.5. The summed E-state index contributed by atoms with van der Waals surface area (Å²) in [7, 11) is 4.66. The molecule has 1 aliphatic heterocycles. The number of aryl methyl sites for hydroxylation is 1. The molecule has 0 fully saturated rings. The van der Waals surface area contributed by atoms with Crippen molar-refractivity contribution in [3.63, 3.8) is 0 Å². The second-order valence-corrected chi connectivity index (χ2v) is 16.9. The molecule has 0 radical (unpaired) electrons. The number of esters is 1. The van der Waals surface area contributed by atoms with Gasteiger partial charge in [-0.15, -0.1) is 0 Å². The largest absolute Gasteiger partial charge is 0.469 e. The van der Waals surface area contributed by atoms with Crippen molar-refractivity contribution in [1.29, 1.82) is 0 Å². The average Bonchev–Trinajstić information content (AvgIpc) is 3.75. The highest BCUT2D eigenvalue weighted by atomic mass is 127. The topological polar surface area (TPSA) is 150 Å². The third kappa shape index (κ3) is 7.88. The number of carbonyl (C=O) groups is 1. The van der Waals surface area contributed by atoms with Crippen LogP contribution in [0.3, 0.4) is 0 Å². The SMILES string of the molecule is COC(=O)C(C)Cc1cccc([C@@]2(C)CCCCC(C)(C)/C(N)=C/N(N)Cc3c(c(F)cc4c3ccn4SI)C(O)c3ccnc(c3)-c3nc2nn3C)c1. The van der Waals surface area contributed by atoms with Crippen molar-refractivity contribution in [2.45, 2.75) is 77.9 Å². The fraction of sp³-hybridized carbons (Fsp3) is 0.400. The molecule has 2 unspecified atom stereocenters. The number of hydrazine groups is 1. The summed E-state index contributed by atoms with van der Waals surface area (Å²) in [6.07, 6.45) is 7.63. The Hall–Kier alpha value is -3.99. The third-order valence-electron chi connectivity index (χ3n) is 10.9. The van der Waals surface area contributed by atoms with E-state index in [1.54, 1.807) is 29.2 Å². The van der Waals surface area contributed by atoms with Gasteiger partial charge in [-0.05, 0) is 72.7 Å². The molecular weight excluding hydrogens is 818 g/mol. The zero-order chi connectivity index (χ0) is 38.9. The molecule has 3 atom stereocenters. The summed E-state index contributed by atoms with van der Waals surface area (Å²) in [6, 6.07) is 15.0. The van der Waals surface area contributed by atoms with Crippen molar-refractivity contribution in [1.82, 2.24) is 28.7 Å². The number of aromatic nitrogens is 5. The number of benzene rings is 2. The van der Waals surface area contributed by atoms with E-state index in [9.17, 15) is 9.90 Å². The standard InChI is InChI=1S/C40H48FIN8O3S/c1-24(37(52)53-6)18-25-10-9-11-27(19-25)40(4)15-8-7-14-39(2,3)33(43)23-49(44)22-29-28-13-17-50(54-42)32(28)21-30(41)34(29)35(51)26-12-16-45-31(20-26)36-46-38(40)47-48(36)5/h9-13,16-17,19-21,23-24,35,51H,7-8,14-15,18,22,43-44H2,1-6H3/b33-23-/t24?,35?,40-/m1/s1. The lowest BCUT2D eigenvalue weighted by atomic mass is 9.75. The maximum atomic E-state index is 16.3. The van der Waals surface area contributed by atoms with E-state index in [1.807, 2.05) is 42.3 Å². The maximum absolute atomic E-state index is 16.3. The number of methoxy groups -OCH3 is 1. The lowest BCUT2D eigenvalue weighted by Crippen LogP contribution is -2.31. The van der Waals surface area contributed by atoms with Crippen molar-refractivity contribution in [2.75, 3.05) is 7.11 Å². The van der Waals surface area contributed by atoms with E-state index in [0.717, 1.165) is 42.2 Å². The molecule has 2 aromatic carbocycles. The van der Waals surface area contributed by atoms with Gasteiger partial charge in [-0.1, -0.05) is 57.9 Å². The van der Waals surface area contributed by atoms with Crippen LogP contribution in [0.1, 0.15) is 93.1 Å². The molecule has 6 rings (SSSR count). The number of halogens is 2. The fourth-order valence-electron chi connectivity index (χ4n) is 7.42. The monoisotopic (exact) mass is 866 g/mol. The Balaban J connectivity index is 1.50. The number of allylic oxidation sites excluding steroid dienone is 1. The lowest BCUT2D eigenvalue weighted by molar-refractivity contribution is -0.144. The van der Waals surface area contributed by atoms with Crippen molar-refractivity contribution in [3.8, 4) is 11.5 Å². The van der Waals surface area contributed by atoms with Gasteiger partial charge in [0, 0.05) is 78.0 Å². The summed E-state index contributed by atoms with van der Waals surface area (Å²) in [5.41, 5.74) is 10.7. The van der Waals surface area contributed by atoms with Crippen LogP contribution in [0.5, 0.6) is 0 Å². The Labute approximate surface area is 332 Å². The number of rotatable bonds is 5. The van der Waals surface area contributed by atoms with E-state index in [-0.39, 0.29) is 24.0 Å². The number of pyridine rings is 1. The number of hydrogen-bond donors (Lipinski definition) is 3. The Morgan fingerprint density at radius 3 is 2.67 bits per heavy atom. The van der Waals surface area contributed by atoms with Gasteiger partial charge in [-0.2, -0.15) is 5.10 Å². The first kappa shape index (κ1) is 39.7. The predicted octanol–water partition coefficient (Wildman–Crippen LogP) is 7.63.